The summed E-state index contributed by atoms with van der Waals surface area (Å²) in [7, 11) is 3.11. The van der Waals surface area contributed by atoms with Crippen LogP contribution in [0.2, 0.25) is 0 Å². The average Bonchev–Trinajstić information content (AvgIpc) is 3.37. The highest BCUT2D eigenvalue weighted by atomic mass is 127. The molecule has 3 aromatic rings. The van der Waals surface area contributed by atoms with Crippen LogP contribution in [-0.2, 0) is 30.3 Å². The number of amides is 3. The lowest BCUT2D eigenvalue weighted by molar-refractivity contribution is -0.159. The number of hydrogen-bond donors (Lipinski definition) is 0. The van der Waals surface area contributed by atoms with Gasteiger partial charge in [-0.25, -0.2) is 4.79 Å². The van der Waals surface area contributed by atoms with Gasteiger partial charge in [-0.15, -0.1) is 0 Å². The molecule has 258 valence electrons. The lowest BCUT2D eigenvalue weighted by Gasteiger charge is -2.38. The molecule has 0 bridgehead atoms. The number of fused-ring (bicyclic) bond motifs is 3. The van der Waals surface area contributed by atoms with Crippen LogP contribution in [0.4, 0.5) is 4.79 Å². The highest BCUT2D eigenvalue weighted by Gasteiger charge is 2.39. The lowest BCUT2D eigenvalue weighted by atomic mass is 9.98. The van der Waals surface area contributed by atoms with Crippen molar-refractivity contribution in [2.75, 3.05) is 33.8 Å². The molecule has 49 heavy (non-hydrogen) atoms. The highest BCUT2D eigenvalue weighted by Crippen LogP contribution is 2.44. The Balaban J connectivity index is 1.36. The smallest absolute Gasteiger partial charge is 0.410 e. The van der Waals surface area contributed by atoms with Crippen molar-refractivity contribution < 1.29 is 28.7 Å². The van der Waals surface area contributed by atoms with Gasteiger partial charge >= 0.3 is 12.1 Å². The van der Waals surface area contributed by atoms with Crippen molar-refractivity contribution >= 4 is 46.5 Å². The third-order valence-electron chi connectivity index (χ3n) is 8.89. The van der Waals surface area contributed by atoms with Crippen molar-refractivity contribution in [2.45, 2.75) is 63.6 Å². The molecule has 1 heterocycles. The fraction of sp³-hybridized carbons (Fsp3) is 0.385. The standard InChI is InChI=1S/C39H44IN3O6/c1-39(2,3)49-35(44)24-41(4)36(45)34(23-26-18-20-27(40)21-19-26)43-22-12-6-7-17-33(37(43)46)42(5)38(47)48-25-32-30-15-10-8-13-28(30)29-14-9-11-16-31(29)32/h6-11,13-16,18-21,32-34H,12,17,22-25H2,1-5H3/b7-6-/t33-,34-/m0/s1. The molecular weight excluding hydrogens is 733 g/mol. The summed E-state index contributed by atoms with van der Waals surface area (Å²) in [6.45, 7) is 5.44. The Bertz CT molecular complexity index is 1670. The molecule has 0 aromatic heterocycles. The van der Waals surface area contributed by atoms with Crippen LogP contribution in [0, 0.1) is 3.57 Å². The molecule has 9 nitrogen and oxygen atoms in total. The summed E-state index contributed by atoms with van der Waals surface area (Å²) < 4.78 is 12.4. The Hall–Kier alpha value is -4.19. The molecule has 3 amide bonds. The van der Waals surface area contributed by atoms with Gasteiger partial charge in [-0.3, -0.25) is 19.3 Å². The van der Waals surface area contributed by atoms with Crippen molar-refractivity contribution in [2.24, 2.45) is 0 Å². The second-order valence-corrected chi connectivity index (χ2v) is 14.8. The number of carbonyl (C=O) groups is 4. The molecule has 0 radical (unpaired) electrons. The Labute approximate surface area is 302 Å². The number of esters is 1. The zero-order valence-corrected chi connectivity index (χ0v) is 30.9. The van der Waals surface area contributed by atoms with Crippen LogP contribution in [0.25, 0.3) is 11.1 Å². The van der Waals surface area contributed by atoms with E-state index >= 15 is 0 Å². The van der Waals surface area contributed by atoms with E-state index in [2.05, 4.69) is 46.9 Å². The monoisotopic (exact) mass is 777 g/mol. The zero-order chi connectivity index (χ0) is 35.3. The van der Waals surface area contributed by atoms with E-state index in [1.54, 1.807) is 39.8 Å². The van der Waals surface area contributed by atoms with Gasteiger partial charge in [0.2, 0.25) is 11.8 Å². The number of rotatable bonds is 9. The first-order chi connectivity index (χ1) is 23.3. The predicted molar refractivity (Wildman–Crippen MR) is 197 cm³/mol. The summed E-state index contributed by atoms with van der Waals surface area (Å²) >= 11 is 2.22. The normalized spacial score (nSPS) is 17.2. The van der Waals surface area contributed by atoms with Gasteiger partial charge in [-0.2, -0.15) is 0 Å². The van der Waals surface area contributed by atoms with E-state index in [4.69, 9.17) is 9.47 Å². The quantitative estimate of drug-likeness (QED) is 0.141. The maximum atomic E-state index is 14.4. The van der Waals surface area contributed by atoms with Gasteiger partial charge in [-0.05, 0) is 96.2 Å². The second kappa shape index (κ2) is 15.6. The molecule has 2 aliphatic rings. The van der Waals surface area contributed by atoms with Gasteiger partial charge < -0.3 is 19.3 Å². The second-order valence-electron chi connectivity index (χ2n) is 13.6. The minimum Gasteiger partial charge on any atom is -0.459 e. The number of nitrogens with zero attached hydrogens (tertiary/aromatic N) is 3. The average molecular weight is 778 g/mol. The van der Waals surface area contributed by atoms with Crippen LogP contribution < -0.4 is 0 Å². The maximum Gasteiger partial charge on any atom is 0.410 e. The van der Waals surface area contributed by atoms with Gasteiger partial charge in [0, 0.05) is 36.5 Å². The van der Waals surface area contributed by atoms with Crippen molar-refractivity contribution in [1.82, 2.24) is 14.7 Å². The fourth-order valence-corrected chi connectivity index (χ4v) is 6.85. The Kier molecular flexibility index (Phi) is 11.5. The van der Waals surface area contributed by atoms with Crippen molar-refractivity contribution in [3.05, 3.63) is 105 Å². The van der Waals surface area contributed by atoms with Gasteiger partial charge in [0.1, 0.15) is 30.8 Å². The molecule has 10 heteroatoms. The van der Waals surface area contributed by atoms with Crippen LogP contribution in [-0.4, -0.2) is 90.1 Å². The molecule has 2 atom stereocenters. The molecular formula is C39H44IN3O6. The number of carbonyl (C=O) groups excluding carboxylic acids is 4. The number of ether oxygens (including phenoxy) is 2. The number of likely N-dealkylation sites (N-methyl/N-ethyl adjacent to an activating group) is 2. The molecule has 5 rings (SSSR count). The molecule has 1 aliphatic heterocycles. The largest absolute Gasteiger partial charge is 0.459 e. The van der Waals surface area contributed by atoms with E-state index in [-0.39, 0.29) is 50.3 Å². The van der Waals surface area contributed by atoms with Crippen LogP contribution in [0.5, 0.6) is 0 Å². The van der Waals surface area contributed by atoms with Gasteiger partial charge in [0.05, 0.1) is 0 Å². The van der Waals surface area contributed by atoms with E-state index in [0.29, 0.717) is 6.42 Å². The molecule has 0 N–H and O–H groups in total. The zero-order valence-electron chi connectivity index (χ0n) is 28.7. The van der Waals surface area contributed by atoms with E-state index in [1.807, 2.05) is 60.7 Å². The highest BCUT2D eigenvalue weighted by molar-refractivity contribution is 14.1. The van der Waals surface area contributed by atoms with Crippen molar-refractivity contribution in [3.63, 3.8) is 0 Å². The molecule has 0 spiro atoms. The topological polar surface area (TPSA) is 96.5 Å². The molecule has 3 aromatic carbocycles. The molecule has 0 unspecified atom stereocenters. The van der Waals surface area contributed by atoms with E-state index in [0.717, 1.165) is 31.4 Å². The Morgan fingerprint density at radius 2 is 1.53 bits per heavy atom. The van der Waals surface area contributed by atoms with Crippen molar-refractivity contribution in [3.8, 4) is 11.1 Å². The summed E-state index contributed by atoms with van der Waals surface area (Å²) in [5, 5.41) is 0. The third kappa shape index (κ3) is 8.70. The van der Waals surface area contributed by atoms with Gasteiger partial charge in [-0.1, -0.05) is 72.8 Å². The molecule has 1 aliphatic carbocycles. The number of benzene rings is 3. The fourth-order valence-electron chi connectivity index (χ4n) is 6.49. The first-order valence-corrected chi connectivity index (χ1v) is 17.7. The van der Waals surface area contributed by atoms with Crippen molar-refractivity contribution in [1.29, 1.82) is 0 Å². The summed E-state index contributed by atoms with van der Waals surface area (Å²) in [6, 6.07) is 22.2. The summed E-state index contributed by atoms with van der Waals surface area (Å²) in [5.41, 5.74) is 4.62. The summed E-state index contributed by atoms with van der Waals surface area (Å²) in [5.74, 6) is -1.39. The van der Waals surface area contributed by atoms with Crippen LogP contribution >= 0.6 is 22.6 Å². The first-order valence-electron chi connectivity index (χ1n) is 16.6. The van der Waals surface area contributed by atoms with Crippen LogP contribution in [0.15, 0.2) is 84.9 Å². The predicted octanol–water partition coefficient (Wildman–Crippen LogP) is 6.43. The first kappa shape index (κ1) is 36.1. The van der Waals surface area contributed by atoms with E-state index in [9.17, 15) is 19.2 Å². The SMILES string of the molecule is CN(CC(=O)OC(C)(C)C)C(=O)[C@H](Cc1ccc(I)cc1)N1CC/C=C\C[C@H](N(C)C(=O)OCC2c3ccccc3-c3ccccc32)C1=O. The molecule has 0 fully saturated rings. The lowest BCUT2D eigenvalue weighted by Crippen LogP contribution is -2.58. The minimum atomic E-state index is -0.912. The van der Waals surface area contributed by atoms with Crippen LogP contribution in [0.3, 0.4) is 0 Å². The van der Waals surface area contributed by atoms with E-state index < -0.39 is 29.7 Å². The van der Waals surface area contributed by atoms with E-state index in [1.165, 1.54) is 9.80 Å². The van der Waals surface area contributed by atoms with Gasteiger partial charge in [0.25, 0.3) is 0 Å². The summed E-state index contributed by atoms with van der Waals surface area (Å²) in [6.07, 6.45) is 4.31. The minimum absolute atomic E-state index is 0.120. The van der Waals surface area contributed by atoms with Gasteiger partial charge in [0.15, 0.2) is 0 Å². The third-order valence-corrected chi connectivity index (χ3v) is 9.61. The Morgan fingerprint density at radius 3 is 2.14 bits per heavy atom. The van der Waals surface area contributed by atoms with Crippen LogP contribution in [0.1, 0.15) is 56.2 Å². The number of hydrogen-bond acceptors (Lipinski definition) is 6. The summed E-state index contributed by atoms with van der Waals surface area (Å²) in [4.78, 5) is 59.1. The Morgan fingerprint density at radius 1 is 0.918 bits per heavy atom. The molecule has 0 saturated carbocycles. The molecule has 0 saturated heterocycles. The number of halogens is 1. The maximum absolute atomic E-state index is 14.4.